The molecule has 0 amide bonds. The molecular weight excluding hydrogens is 362 g/mol. The second kappa shape index (κ2) is 9.48. The Morgan fingerprint density at radius 1 is 1.00 bits per heavy atom. The fraction of sp³-hybridized carbons (Fsp3) is 0.708. The largest absolute Gasteiger partial charge is 0.396 e. The van der Waals surface area contributed by atoms with Gasteiger partial charge in [0.2, 0.25) is 0 Å². The van der Waals surface area contributed by atoms with Gasteiger partial charge in [0.25, 0.3) is 0 Å². The summed E-state index contributed by atoms with van der Waals surface area (Å²) < 4.78 is 3.84. The SMILES string of the molecule is CCn1c(=O)n(C2CCN(CC3CCCCCCC3)CC2CO)c2ccccc21. The number of likely N-dealkylation sites (tertiary alicyclic amines) is 1. The summed E-state index contributed by atoms with van der Waals surface area (Å²) in [5.74, 6) is 0.919. The molecule has 4 rings (SSSR count). The highest BCUT2D eigenvalue weighted by molar-refractivity contribution is 5.76. The maximum absolute atomic E-state index is 13.2. The monoisotopic (exact) mass is 399 g/mol. The molecule has 1 saturated heterocycles. The van der Waals surface area contributed by atoms with E-state index < -0.39 is 0 Å². The van der Waals surface area contributed by atoms with Crippen molar-refractivity contribution in [1.82, 2.24) is 14.0 Å². The van der Waals surface area contributed by atoms with E-state index in [0.29, 0.717) is 6.54 Å². The minimum Gasteiger partial charge on any atom is -0.396 e. The highest BCUT2D eigenvalue weighted by atomic mass is 16.3. The average molecular weight is 400 g/mol. The fourth-order valence-electron chi connectivity index (χ4n) is 5.73. The third-order valence-corrected chi connectivity index (χ3v) is 7.27. The zero-order chi connectivity index (χ0) is 20.2. The van der Waals surface area contributed by atoms with Crippen LogP contribution < -0.4 is 5.69 Å². The van der Waals surface area contributed by atoms with E-state index in [1.165, 1.54) is 44.9 Å². The molecule has 2 heterocycles. The van der Waals surface area contributed by atoms with Crippen molar-refractivity contribution in [3.8, 4) is 0 Å². The average Bonchev–Trinajstić information content (AvgIpc) is 3.00. The normalized spacial score (nSPS) is 25.2. The number of nitrogens with zero attached hydrogens (tertiary/aromatic N) is 3. The number of rotatable bonds is 5. The molecule has 29 heavy (non-hydrogen) atoms. The number of benzene rings is 1. The van der Waals surface area contributed by atoms with Crippen molar-refractivity contribution in [2.24, 2.45) is 11.8 Å². The number of piperidine rings is 1. The Morgan fingerprint density at radius 3 is 2.38 bits per heavy atom. The summed E-state index contributed by atoms with van der Waals surface area (Å²) in [6.45, 7) is 5.93. The number of para-hydroxylation sites is 2. The molecule has 1 aromatic heterocycles. The molecule has 2 atom stereocenters. The highest BCUT2D eigenvalue weighted by Crippen LogP contribution is 2.32. The van der Waals surface area contributed by atoms with Gasteiger partial charge in [-0.25, -0.2) is 4.79 Å². The predicted octanol–water partition coefficient (Wildman–Crippen LogP) is 4.04. The lowest BCUT2D eigenvalue weighted by atomic mass is 9.88. The summed E-state index contributed by atoms with van der Waals surface area (Å²) in [7, 11) is 0. The Labute approximate surface area is 174 Å². The molecule has 1 aliphatic carbocycles. The molecule has 0 bridgehead atoms. The number of aliphatic hydroxyl groups excluding tert-OH is 1. The maximum atomic E-state index is 13.2. The molecule has 1 N–H and O–H groups in total. The molecule has 2 aliphatic rings. The molecule has 1 aliphatic heterocycles. The number of aryl methyl sites for hydroxylation is 1. The standard InChI is InChI=1S/C24H37N3O2/c1-2-26-22-12-8-9-13-23(22)27(24(26)29)21-14-15-25(17-20(21)18-28)16-19-10-6-4-3-5-7-11-19/h8-9,12-13,19-21,28H,2-7,10-11,14-18H2,1H3. The minimum atomic E-state index is 0.0746. The van der Waals surface area contributed by atoms with Crippen molar-refractivity contribution in [1.29, 1.82) is 0 Å². The summed E-state index contributed by atoms with van der Waals surface area (Å²) >= 11 is 0. The summed E-state index contributed by atoms with van der Waals surface area (Å²) in [5, 5.41) is 10.2. The van der Waals surface area contributed by atoms with Crippen LogP contribution in [0.4, 0.5) is 0 Å². The van der Waals surface area contributed by atoms with Crippen molar-refractivity contribution >= 4 is 11.0 Å². The first-order chi connectivity index (χ1) is 14.2. The molecule has 0 radical (unpaired) electrons. The number of hydrogen-bond acceptors (Lipinski definition) is 3. The van der Waals surface area contributed by atoms with Crippen molar-refractivity contribution in [2.75, 3.05) is 26.2 Å². The van der Waals surface area contributed by atoms with Crippen LogP contribution in [0, 0.1) is 11.8 Å². The smallest absolute Gasteiger partial charge is 0.329 e. The molecule has 2 fully saturated rings. The summed E-state index contributed by atoms with van der Waals surface area (Å²) in [6.07, 6.45) is 10.6. The number of aliphatic hydroxyl groups is 1. The fourth-order valence-corrected chi connectivity index (χ4v) is 5.73. The molecule has 5 heteroatoms. The lowest BCUT2D eigenvalue weighted by Gasteiger charge is -2.40. The van der Waals surface area contributed by atoms with Gasteiger partial charge in [-0.1, -0.05) is 44.2 Å². The van der Waals surface area contributed by atoms with Crippen LogP contribution in [0.5, 0.6) is 0 Å². The van der Waals surface area contributed by atoms with E-state index in [4.69, 9.17) is 0 Å². The quantitative estimate of drug-likeness (QED) is 0.826. The van der Waals surface area contributed by atoms with Crippen LogP contribution in [0.2, 0.25) is 0 Å². The topological polar surface area (TPSA) is 50.4 Å². The van der Waals surface area contributed by atoms with Crippen LogP contribution in [-0.2, 0) is 6.54 Å². The Balaban J connectivity index is 1.52. The molecule has 1 saturated carbocycles. The van der Waals surface area contributed by atoms with Gasteiger partial charge in [-0.2, -0.15) is 0 Å². The van der Waals surface area contributed by atoms with Gasteiger partial charge in [-0.05, 0) is 44.2 Å². The second-order valence-electron chi connectivity index (χ2n) is 9.15. The third kappa shape index (κ3) is 4.31. The summed E-state index contributed by atoms with van der Waals surface area (Å²) in [4.78, 5) is 15.7. The number of hydrogen-bond donors (Lipinski definition) is 1. The third-order valence-electron chi connectivity index (χ3n) is 7.27. The van der Waals surface area contributed by atoms with Crippen molar-refractivity contribution in [3.05, 3.63) is 34.7 Å². The predicted molar refractivity (Wildman–Crippen MR) is 118 cm³/mol. The highest BCUT2D eigenvalue weighted by Gasteiger charge is 2.33. The molecule has 1 aromatic carbocycles. The molecular formula is C24H37N3O2. The summed E-state index contributed by atoms with van der Waals surface area (Å²) in [5.41, 5.74) is 2.09. The van der Waals surface area contributed by atoms with Crippen LogP contribution in [-0.4, -0.2) is 45.4 Å². The molecule has 2 aromatic rings. The van der Waals surface area contributed by atoms with Gasteiger partial charge in [-0.15, -0.1) is 0 Å². The van der Waals surface area contributed by atoms with Crippen LogP contribution >= 0.6 is 0 Å². The maximum Gasteiger partial charge on any atom is 0.329 e. The molecule has 0 spiro atoms. The second-order valence-corrected chi connectivity index (χ2v) is 9.15. The van der Waals surface area contributed by atoms with E-state index >= 15 is 0 Å². The summed E-state index contributed by atoms with van der Waals surface area (Å²) in [6, 6.07) is 8.18. The van der Waals surface area contributed by atoms with Crippen molar-refractivity contribution < 1.29 is 5.11 Å². The van der Waals surface area contributed by atoms with E-state index in [0.717, 1.165) is 43.0 Å². The first-order valence-electron chi connectivity index (χ1n) is 11.8. The van der Waals surface area contributed by atoms with E-state index in [2.05, 4.69) is 11.0 Å². The number of imidazole rings is 1. The Bertz CT molecular complexity index is 847. The van der Waals surface area contributed by atoms with Crippen LogP contribution in [0.15, 0.2) is 29.1 Å². The number of aromatic nitrogens is 2. The first kappa shape index (κ1) is 20.7. The van der Waals surface area contributed by atoms with Gasteiger partial charge in [0.15, 0.2) is 0 Å². The van der Waals surface area contributed by atoms with Gasteiger partial charge in [0, 0.05) is 44.7 Å². The number of fused-ring (bicyclic) bond motifs is 1. The van der Waals surface area contributed by atoms with Gasteiger partial charge in [-0.3, -0.25) is 9.13 Å². The van der Waals surface area contributed by atoms with Gasteiger partial charge >= 0.3 is 5.69 Å². The van der Waals surface area contributed by atoms with E-state index in [9.17, 15) is 9.90 Å². The Hall–Kier alpha value is -1.59. The Morgan fingerprint density at radius 2 is 1.69 bits per heavy atom. The van der Waals surface area contributed by atoms with Gasteiger partial charge < -0.3 is 10.0 Å². The van der Waals surface area contributed by atoms with Crippen LogP contribution in [0.3, 0.4) is 0 Å². The van der Waals surface area contributed by atoms with E-state index in [1.54, 1.807) is 0 Å². The first-order valence-corrected chi connectivity index (χ1v) is 11.8. The van der Waals surface area contributed by atoms with Gasteiger partial charge in [0.05, 0.1) is 11.0 Å². The molecule has 5 nitrogen and oxygen atoms in total. The molecule has 2 unspecified atom stereocenters. The lowest BCUT2D eigenvalue weighted by molar-refractivity contribution is 0.0647. The zero-order valence-corrected chi connectivity index (χ0v) is 17.9. The zero-order valence-electron chi connectivity index (χ0n) is 17.9. The lowest BCUT2D eigenvalue weighted by Crippen LogP contribution is -2.46. The van der Waals surface area contributed by atoms with Crippen LogP contribution in [0.1, 0.15) is 64.3 Å². The Kier molecular flexibility index (Phi) is 6.76. The van der Waals surface area contributed by atoms with E-state index in [-0.39, 0.29) is 24.3 Å². The molecule has 160 valence electrons. The van der Waals surface area contributed by atoms with Gasteiger partial charge in [0.1, 0.15) is 0 Å². The minimum absolute atomic E-state index is 0.0746. The van der Waals surface area contributed by atoms with Crippen molar-refractivity contribution in [2.45, 2.75) is 70.9 Å². The van der Waals surface area contributed by atoms with Crippen LogP contribution in [0.25, 0.3) is 11.0 Å². The van der Waals surface area contributed by atoms with E-state index in [1.807, 2.05) is 34.3 Å². The van der Waals surface area contributed by atoms with Crippen molar-refractivity contribution in [3.63, 3.8) is 0 Å².